The normalized spacial score (nSPS) is 10.1. The van der Waals surface area contributed by atoms with Gasteiger partial charge in [0.15, 0.2) is 0 Å². The molecule has 18 heavy (non-hydrogen) atoms. The summed E-state index contributed by atoms with van der Waals surface area (Å²) in [5, 5.41) is 0. The van der Waals surface area contributed by atoms with Gasteiger partial charge in [0.1, 0.15) is 10.6 Å². The molecule has 1 heterocycles. The molecule has 2 aromatic rings. The van der Waals surface area contributed by atoms with E-state index in [0.29, 0.717) is 10.6 Å². The fourth-order valence-corrected chi connectivity index (χ4v) is 2.53. The van der Waals surface area contributed by atoms with Crippen LogP contribution in [0, 0.1) is 0 Å². The molecule has 0 fully saturated rings. The Hall–Kier alpha value is -2.05. The van der Waals surface area contributed by atoms with Crippen molar-refractivity contribution in [1.29, 1.82) is 0 Å². The molecule has 0 aliphatic carbocycles. The number of hydrazine groups is 1. The first-order valence-corrected chi connectivity index (χ1v) is 6.02. The third-order valence-electron chi connectivity index (χ3n) is 2.47. The molecule has 0 saturated carbocycles. The van der Waals surface area contributed by atoms with Crippen LogP contribution in [0.4, 0.5) is 5.69 Å². The number of amides is 1. The Morgan fingerprint density at radius 2 is 2.00 bits per heavy atom. The lowest BCUT2D eigenvalue weighted by atomic mass is 10.2. The molecule has 1 aromatic carbocycles. The predicted octanol–water partition coefficient (Wildman–Crippen LogP) is 1.61. The van der Waals surface area contributed by atoms with Crippen LogP contribution in [-0.4, -0.2) is 13.0 Å². The number of nitrogens with two attached hydrogens (primary N) is 2. The molecule has 94 valence electrons. The van der Waals surface area contributed by atoms with Crippen molar-refractivity contribution in [2.75, 3.05) is 12.8 Å². The number of carbonyl (C=O) groups excluding carboxylic acids is 1. The van der Waals surface area contributed by atoms with Gasteiger partial charge in [0, 0.05) is 4.88 Å². The molecule has 0 aliphatic heterocycles. The zero-order valence-corrected chi connectivity index (χ0v) is 10.6. The largest absolute Gasteiger partial charge is 0.497 e. The molecule has 5 nitrogen and oxygen atoms in total. The Labute approximate surface area is 108 Å². The van der Waals surface area contributed by atoms with Gasteiger partial charge in [-0.1, -0.05) is 0 Å². The second-order valence-corrected chi connectivity index (χ2v) is 4.65. The van der Waals surface area contributed by atoms with Gasteiger partial charge in [-0.25, -0.2) is 5.84 Å². The van der Waals surface area contributed by atoms with Crippen molar-refractivity contribution >= 4 is 22.9 Å². The number of ether oxygens (including phenoxy) is 1. The Bertz CT molecular complexity index is 563. The van der Waals surface area contributed by atoms with Gasteiger partial charge in [-0.2, -0.15) is 0 Å². The van der Waals surface area contributed by atoms with Crippen molar-refractivity contribution in [2.24, 2.45) is 5.84 Å². The zero-order valence-electron chi connectivity index (χ0n) is 9.77. The molecule has 6 heteroatoms. The first kappa shape index (κ1) is 12.4. The van der Waals surface area contributed by atoms with E-state index in [1.807, 2.05) is 24.3 Å². The number of nitrogens with one attached hydrogen (secondary N) is 1. The predicted molar refractivity (Wildman–Crippen MR) is 72.4 cm³/mol. The van der Waals surface area contributed by atoms with Crippen molar-refractivity contribution in [1.82, 2.24) is 5.43 Å². The number of methoxy groups -OCH3 is 1. The first-order valence-electron chi connectivity index (χ1n) is 5.20. The SMILES string of the molecule is COc1ccc(-c2cc(N)c(C(=O)NN)s2)cc1. The van der Waals surface area contributed by atoms with Crippen LogP contribution in [0.25, 0.3) is 10.4 Å². The summed E-state index contributed by atoms with van der Waals surface area (Å²) in [4.78, 5) is 12.8. The maximum absolute atomic E-state index is 11.5. The van der Waals surface area contributed by atoms with Crippen molar-refractivity contribution in [3.63, 3.8) is 0 Å². The summed E-state index contributed by atoms with van der Waals surface area (Å²) in [5.41, 5.74) is 9.26. The lowest BCUT2D eigenvalue weighted by Gasteiger charge is -2.00. The van der Waals surface area contributed by atoms with Gasteiger partial charge < -0.3 is 10.5 Å². The Morgan fingerprint density at radius 3 is 2.56 bits per heavy atom. The smallest absolute Gasteiger partial charge is 0.277 e. The summed E-state index contributed by atoms with van der Waals surface area (Å²) in [6.45, 7) is 0. The van der Waals surface area contributed by atoms with Gasteiger partial charge in [0.05, 0.1) is 12.8 Å². The lowest BCUT2D eigenvalue weighted by Crippen LogP contribution is -2.29. The highest BCUT2D eigenvalue weighted by molar-refractivity contribution is 7.18. The van der Waals surface area contributed by atoms with Crippen molar-refractivity contribution in [3.8, 4) is 16.2 Å². The summed E-state index contributed by atoms with van der Waals surface area (Å²) in [6, 6.07) is 9.29. The van der Waals surface area contributed by atoms with Crippen molar-refractivity contribution < 1.29 is 9.53 Å². The van der Waals surface area contributed by atoms with Gasteiger partial charge in [0.25, 0.3) is 5.91 Å². The topological polar surface area (TPSA) is 90.4 Å². The average molecular weight is 263 g/mol. The highest BCUT2D eigenvalue weighted by Gasteiger charge is 2.14. The van der Waals surface area contributed by atoms with Crippen LogP contribution < -0.4 is 21.7 Å². The zero-order chi connectivity index (χ0) is 13.1. The molecule has 0 spiro atoms. The van der Waals surface area contributed by atoms with Crippen LogP contribution in [0.1, 0.15) is 9.67 Å². The van der Waals surface area contributed by atoms with Crippen molar-refractivity contribution in [3.05, 3.63) is 35.2 Å². The quantitative estimate of drug-likeness (QED) is 0.446. The Kier molecular flexibility index (Phi) is 3.50. The molecular weight excluding hydrogens is 250 g/mol. The molecule has 0 aliphatic rings. The first-order chi connectivity index (χ1) is 8.65. The number of anilines is 1. The maximum atomic E-state index is 11.5. The summed E-state index contributed by atoms with van der Waals surface area (Å²) >= 11 is 1.30. The van der Waals surface area contributed by atoms with Crippen LogP contribution in [0.2, 0.25) is 0 Å². The van der Waals surface area contributed by atoms with E-state index < -0.39 is 0 Å². The average Bonchev–Trinajstić information content (AvgIpc) is 2.80. The van der Waals surface area contributed by atoms with E-state index in [1.165, 1.54) is 11.3 Å². The highest BCUT2D eigenvalue weighted by atomic mass is 32.1. The minimum Gasteiger partial charge on any atom is -0.497 e. The van der Waals surface area contributed by atoms with E-state index in [1.54, 1.807) is 13.2 Å². The molecule has 0 unspecified atom stereocenters. The lowest BCUT2D eigenvalue weighted by molar-refractivity contribution is 0.0958. The monoisotopic (exact) mass is 263 g/mol. The third-order valence-corrected chi connectivity index (χ3v) is 3.67. The molecule has 0 radical (unpaired) electrons. The number of nitrogen functional groups attached to an aromatic ring is 2. The summed E-state index contributed by atoms with van der Waals surface area (Å²) < 4.78 is 5.09. The molecule has 0 saturated heterocycles. The number of thiophene rings is 1. The summed E-state index contributed by atoms with van der Waals surface area (Å²) in [5.74, 6) is 5.50. The van der Waals surface area contributed by atoms with Gasteiger partial charge in [-0.15, -0.1) is 11.3 Å². The Balaban J connectivity index is 2.36. The number of hydrogen-bond donors (Lipinski definition) is 3. The van der Waals surface area contributed by atoms with Gasteiger partial charge in [-0.05, 0) is 35.9 Å². The van der Waals surface area contributed by atoms with E-state index in [9.17, 15) is 4.79 Å². The fourth-order valence-electron chi connectivity index (χ4n) is 1.55. The number of hydrogen-bond acceptors (Lipinski definition) is 5. The maximum Gasteiger partial charge on any atom is 0.277 e. The van der Waals surface area contributed by atoms with Crippen LogP contribution >= 0.6 is 11.3 Å². The molecule has 2 rings (SSSR count). The second-order valence-electron chi connectivity index (χ2n) is 3.60. The van der Waals surface area contributed by atoms with E-state index in [2.05, 4.69) is 5.43 Å². The highest BCUT2D eigenvalue weighted by Crippen LogP contribution is 2.33. The molecule has 0 atom stereocenters. The fraction of sp³-hybridized carbons (Fsp3) is 0.0833. The van der Waals surface area contributed by atoms with Crippen LogP contribution in [0.15, 0.2) is 30.3 Å². The number of rotatable bonds is 3. The third kappa shape index (κ3) is 2.29. The number of benzene rings is 1. The van der Waals surface area contributed by atoms with Gasteiger partial charge >= 0.3 is 0 Å². The molecule has 5 N–H and O–H groups in total. The molecule has 0 bridgehead atoms. The molecule has 1 amide bonds. The minimum absolute atomic E-state index is 0.378. The second kappa shape index (κ2) is 5.07. The standard InChI is InChI=1S/C12H13N3O2S/c1-17-8-4-2-7(3-5-8)10-6-9(13)11(18-10)12(16)15-14/h2-6H,13-14H2,1H3,(H,15,16). The molecular formula is C12H13N3O2S. The van der Waals surface area contributed by atoms with E-state index >= 15 is 0 Å². The van der Waals surface area contributed by atoms with E-state index in [4.69, 9.17) is 16.3 Å². The van der Waals surface area contributed by atoms with E-state index in [0.717, 1.165) is 16.2 Å². The number of carbonyl (C=O) groups is 1. The minimum atomic E-state index is -0.378. The summed E-state index contributed by atoms with van der Waals surface area (Å²) in [6.07, 6.45) is 0. The van der Waals surface area contributed by atoms with E-state index in [-0.39, 0.29) is 5.91 Å². The van der Waals surface area contributed by atoms with Crippen LogP contribution in [0.3, 0.4) is 0 Å². The van der Waals surface area contributed by atoms with Gasteiger partial charge in [-0.3, -0.25) is 10.2 Å². The van der Waals surface area contributed by atoms with Crippen molar-refractivity contribution in [2.45, 2.75) is 0 Å². The van der Waals surface area contributed by atoms with Crippen LogP contribution in [-0.2, 0) is 0 Å². The summed E-state index contributed by atoms with van der Waals surface area (Å²) in [7, 11) is 1.61. The Morgan fingerprint density at radius 1 is 1.33 bits per heavy atom. The molecule has 1 aromatic heterocycles. The van der Waals surface area contributed by atoms with Crippen LogP contribution in [0.5, 0.6) is 5.75 Å². The van der Waals surface area contributed by atoms with Gasteiger partial charge in [0.2, 0.25) is 0 Å².